The van der Waals surface area contributed by atoms with Gasteiger partial charge in [0.15, 0.2) is 5.76 Å². The lowest BCUT2D eigenvalue weighted by molar-refractivity contribution is 0.121. The number of nitrogens with zero attached hydrogens (tertiary/aromatic N) is 5. The zero-order valence-corrected chi connectivity index (χ0v) is 20.6. The zero-order valence-electron chi connectivity index (χ0n) is 19.0. The van der Waals surface area contributed by atoms with E-state index >= 15 is 0 Å². The van der Waals surface area contributed by atoms with E-state index in [2.05, 4.69) is 26.9 Å². The summed E-state index contributed by atoms with van der Waals surface area (Å²) >= 11 is 0. The minimum absolute atomic E-state index is 0. The van der Waals surface area contributed by atoms with E-state index in [1.54, 1.807) is 12.4 Å². The van der Waals surface area contributed by atoms with Crippen LogP contribution in [0.4, 0.5) is 0 Å². The Labute approximate surface area is 210 Å². The van der Waals surface area contributed by atoms with Gasteiger partial charge in [-0.2, -0.15) is 0 Å². The second-order valence-corrected chi connectivity index (χ2v) is 7.99. The summed E-state index contributed by atoms with van der Waals surface area (Å²) < 4.78 is 14.0. The van der Waals surface area contributed by atoms with Gasteiger partial charge in [0.1, 0.15) is 29.0 Å². The summed E-state index contributed by atoms with van der Waals surface area (Å²) in [5, 5.41) is 14.2. The normalized spacial score (nSPS) is 15.3. The summed E-state index contributed by atoms with van der Waals surface area (Å²) in [6.45, 7) is 9.21. The molecule has 182 valence electrons. The molecular formula is C24H29Cl2N5O3. The predicted molar refractivity (Wildman–Crippen MR) is 136 cm³/mol. The molecule has 1 N–H and O–H groups in total. The van der Waals surface area contributed by atoms with Crippen molar-refractivity contribution in [3.63, 3.8) is 0 Å². The molecule has 4 heterocycles. The molecule has 0 atom stereocenters. The lowest BCUT2D eigenvalue weighted by atomic mass is 10.2. The zero-order chi connectivity index (χ0) is 21.9. The smallest absolute Gasteiger partial charge is 0.155 e. The summed E-state index contributed by atoms with van der Waals surface area (Å²) in [6, 6.07) is 13.2. The van der Waals surface area contributed by atoms with E-state index in [-0.39, 0.29) is 24.8 Å². The molecule has 1 aliphatic rings. The molecule has 1 saturated heterocycles. The van der Waals surface area contributed by atoms with Crippen LogP contribution in [0.3, 0.4) is 0 Å². The van der Waals surface area contributed by atoms with Gasteiger partial charge < -0.3 is 23.7 Å². The van der Waals surface area contributed by atoms with E-state index in [1.165, 1.54) is 0 Å². The van der Waals surface area contributed by atoms with Gasteiger partial charge in [0.2, 0.25) is 0 Å². The molecular weight excluding hydrogens is 477 g/mol. The predicted octanol–water partition coefficient (Wildman–Crippen LogP) is 3.90. The molecule has 1 aliphatic heterocycles. The largest absolute Gasteiger partial charge is 0.492 e. The molecule has 0 radical (unpaired) electrons. The second kappa shape index (κ2) is 11.6. The number of halogens is 2. The number of hydrogen-bond acceptors (Lipinski definition) is 7. The van der Waals surface area contributed by atoms with Crippen molar-refractivity contribution < 1.29 is 14.4 Å². The first kappa shape index (κ1) is 25.8. The van der Waals surface area contributed by atoms with Gasteiger partial charge in [-0.05, 0) is 42.9 Å². The van der Waals surface area contributed by atoms with Crippen molar-refractivity contribution in [2.75, 3.05) is 45.9 Å². The van der Waals surface area contributed by atoms with Crippen LogP contribution in [-0.4, -0.2) is 70.3 Å². The van der Waals surface area contributed by atoms with Gasteiger partial charge in [0.05, 0.1) is 11.7 Å². The van der Waals surface area contributed by atoms with E-state index in [1.807, 2.05) is 47.0 Å². The van der Waals surface area contributed by atoms with E-state index in [0.717, 1.165) is 50.5 Å². The Kier molecular flexibility index (Phi) is 8.79. The van der Waals surface area contributed by atoms with Crippen LogP contribution >= 0.6 is 24.8 Å². The van der Waals surface area contributed by atoms with Crippen LogP contribution < -0.4 is 10.1 Å². The Balaban J connectivity index is 0.00000162. The van der Waals surface area contributed by atoms with Crippen molar-refractivity contribution in [1.82, 2.24) is 19.2 Å². The molecule has 5 rings (SSSR count). The SMILES string of the molecule is CCN1CCN(CCOc2ccc3oc(-c4cc5cccn5cn4)c/c(=N/O)c3c2)CC1.Cl.Cl. The lowest BCUT2D eigenvalue weighted by Crippen LogP contribution is -2.47. The number of rotatable bonds is 6. The Morgan fingerprint density at radius 1 is 1.06 bits per heavy atom. The summed E-state index contributed by atoms with van der Waals surface area (Å²) in [5.41, 5.74) is 2.29. The van der Waals surface area contributed by atoms with E-state index < -0.39 is 0 Å². The first-order valence-electron chi connectivity index (χ1n) is 11.0. The van der Waals surface area contributed by atoms with Gasteiger partial charge in [-0.15, -0.1) is 24.8 Å². The van der Waals surface area contributed by atoms with Crippen molar-refractivity contribution in [1.29, 1.82) is 0 Å². The Hall–Kier alpha value is -2.78. The van der Waals surface area contributed by atoms with E-state index in [9.17, 15) is 5.21 Å². The highest BCUT2D eigenvalue weighted by molar-refractivity contribution is 5.85. The number of fused-ring (bicyclic) bond motifs is 2. The summed E-state index contributed by atoms with van der Waals surface area (Å²) in [6.07, 6.45) is 3.67. The molecule has 8 nitrogen and oxygen atoms in total. The molecule has 10 heteroatoms. The van der Waals surface area contributed by atoms with Crippen LogP contribution in [-0.2, 0) is 0 Å². The second-order valence-electron chi connectivity index (χ2n) is 7.99. The van der Waals surface area contributed by atoms with Crippen LogP contribution in [0, 0.1) is 0 Å². The average molecular weight is 506 g/mol. The molecule has 3 aromatic heterocycles. The molecule has 0 spiro atoms. The molecule has 34 heavy (non-hydrogen) atoms. The maximum atomic E-state index is 9.63. The van der Waals surface area contributed by atoms with Gasteiger partial charge in [0.25, 0.3) is 0 Å². The first-order valence-corrected chi connectivity index (χ1v) is 11.0. The number of ether oxygens (including phenoxy) is 1. The minimum Gasteiger partial charge on any atom is -0.492 e. The Morgan fingerprint density at radius 2 is 1.85 bits per heavy atom. The first-order chi connectivity index (χ1) is 15.7. The fraction of sp³-hybridized carbons (Fsp3) is 0.333. The van der Waals surface area contributed by atoms with Crippen LogP contribution in [0.15, 0.2) is 64.6 Å². The topological polar surface area (TPSA) is 78.7 Å². The van der Waals surface area contributed by atoms with Crippen LogP contribution in [0.25, 0.3) is 27.9 Å². The maximum absolute atomic E-state index is 9.63. The van der Waals surface area contributed by atoms with Gasteiger partial charge in [-0.25, -0.2) is 4.98 Å². The van der Waals surface area contributed by atoms with Crippen molar-refractivity contribution in [2.45, 2.75) is 6.92 Å². The van der Waals surface area contributed by atoms with Gasteiger partial charge in [-0.3, -0.25) is 4.90 Å². The molecule has 1 aromatic carbocycles. The summed E-state index contributed by atoms with van der Waals surface area (Å²) in [4.78, 5) is 9.35. The minimum atomic E-state index is 0. The number of hydrogen-bond donors (Lipinski definition) is 1. The molecule has 1 fully saturated rings. The van der Waals surface area contributed by atoms with E-state index in [4.69, 9.17) is 9.15 Å². The molecule has 4 aromatic rings. The number of likely N-dealkylation sites (N-methyl/N-ethyl adjacent to an activating group) is 1. The molecule has 0 saturated carbocycles. The van der Waals surface area contributed by atoms with Crippen molar-refractivity contribution in [3.05, 3.63) is 60.3 Å². The van der Waals surface area contributed by atoms with Gasteiger partial charge >= 0.3 is 0 Å². The van der Waals surface area contributed by atoms with Crippen molar-refractivity contribution >= 4 is 41.3 Å². The third-order valence-electron chi connectivity index (χ3n) is 6.08. The van der Waals surface area contributed by atoms with Crippen molar-refractivity contribution in [3.8, 4) is 17.2 Å². The number of piperazine rings is 1. The lowest BCUT2D eigenvalue weighted by Gasteiger charge is -2.33. The maximum Gasteiger partial charge on any atom is 0.155 e. The number of benzene rings is 1. The average Bonchev–Trinajstić information content (AvgIpc) is 3.32. The van der Waals surface area contributed by atoms with Gasteiger partial charge in [0, 0.05) is 50.5 Å². The molecule has 0 unspecified atom stereocenters. The fourth-order valence-electron chi connectivity index (χ4n) is 4.14. The number of aromatic nitrogens is 2. The third kappa shape index (κ3) is 5.47. The van der Waals surface area contributed by atoms with Gasteiger partial charge in [-0.1, -0.05) is 12.1 Å². The van der Waals surface area contributed by atoms with Crippen LogP contribution in [0.5, 0.6) is 5.75 Å². The molecule has 0 bridgehead atoms. The summed E-state index contributed by atoms with van der Waals surface area (Å²) in [5.74, 6) is 1.26. The molecule has 0 aliphatic carbocycles. The highest BCUT2D eigenvalue weighted by Crippen LogP contribution is 2.24. The highest BCUT2D eigenvalue weighted by atomic mass is 35.5. The Morgan fingerprint density at radius 3 is 2.62 bits per heavy atom. The monoisotopic (exact) mass is 505 g/mol. The van der Waals surface area contributed by atoms with Crippen LogP contribution in [0.2, 0.25) is 0 Å². The molecule has 0 amide bonds. The third-order valence-corrected chi connectivity index (χ3v) is 6.08. The Bertz CT molecular complexity index is 1300. The van der Waals surface area contributed by atoms with E-state index in [0.29, 0.717) is 34.4 Å². The highest BCUT2D eigenvalue weighted by Gasteiger charge is 2.15. The summed E-state index contributed by atoms with van der Waals surface area (Å²) in [7, 11) is 0. The van der Waals surface area contributed by atoms with Crippen LogP contribution in [0.1, 0.15) is 6.92 Å². The fourth-order valence-corrected chi connectivity index (χ4v) is 4.14. The standard InChI is InChI=1S/C24H27N5O3.2ClH/c1-2-27-8-10-28(11-9-27)12-13-31-19-5-6-23-20(15-19)21(26-30)16-24(32-23)22-14-18-4-3-7-29(18)17-25-22;;/h3-7,14-17,30H,2,8-13H2,1H3;2*1H/b26-21-;;. The quantitative estimate of drug-likeness (QED) is 0.316. The van der Waals surface area contributed by atoms with Crippen molar-refractivity contribution in [2.24, 2.45) is 5.16 Å².